The van der Waals surface area contributed by atoms with Gasteiger partial charge in [-0.25, -0.2) is 4.57 Å². The van der Waals surface area contributed by atoms with Gasteiger partial charge in [0.05, 0.1) is 26.1 Å². The lowest BCUT2D eigenvalue weighted by molar-refractivity contribution is -0.160. The summed E-state index contributed by atoms with van der Waals surface area (Å²) in [5.41, 5.74) is 5.33. The van der Waals surface area contributed by atoms with E-state index in [9.17, 15) is 23.8 Å². The minimum Gasteiger partial charge on any atom is -0.480 e. The van der Waals surface area contributed by atoms with Crippen molar-refractivity contribution in [2.45, 2.75) is 129 Å². The van der Waals surface area contributed by atoms with E-state index in [1.165, 1.54) is 0 Å². The normalized spacial score (nSPS) is 15.1. The number of phosphoric ester groups is 1. The minimum atomic E-state index is -4.78. The molecule has 0 aliphatic carbocycles. The number of carboxylic acid groups (broad SMARTS) is 1. The number of ether oxygens (including phenoxy) is 2. The smallest absolute Gasteiger partial charge is 0.472 e. The van der Waals surface area contributed by atoms with E-state index in [1.807, 2.05) is 37.3 Å². The highest BCUT2D eigenvalue weighted by molar-refractivity contribution is 7.47. The van der Waals surface area contributed by atoms with E-state index in [4.69, 9.17) is 24.8 Å². The number of carbonyl (C=O) groups is 3. The van der Waals surface area contributed by atoms with Gasteiger partial charge >= 0.3 is 25.7 Å². The van der Waals surface area contributed by atoms with Crippen LogP contribution in [0.4, 0.5) is 0 Å². The standard InChI is InChI=1S/C56H80NO10P/c1-3-5-7-9-11-13-15-17-19-21-23-25-26-28-29-31-33-35-37-39-41-43-45-47-54(58)64-49-52(50-65-68(62,63)66-51-53(57)56(60)61)67-55(59)48-46-44-42-40-38-36-34-32-30-27-24-22-20-18-16-14-12-10-8-6-4-2/h3,5-6,8-9,11-12,14-15,17-18,20-21,23-24,26-28,31-34,37-40,43-46,52-53H,4,7,10,13,16,19,22,25,29-30,35-36,41-42,47-51,57H2,1-2H3,(H,60,61)(H,62,63)/t52-,53+/m1/s1. The summed E-state index contributed by atoms with van der Waals surface area (Å²) < 4.78 is 32.5. The van der Waals surface area contributed by atoms with Crippen LogP contribution in [0.15, 0.2) is 182 Å². The van der Waals surface area contributed by atoms with Gasteiger partial charge in [-0.1, -0.05) is 189 Å². The first-order valence-electron chi connectivity index (χ1n) is 23.8. The molecule has 0 bridgehead atoms. The molecule has 4 N–H and O–H groups in total. The number of aliphatic carboxylic acids is 1. The Bertz CT molecular complexity index is 1840. The molecule has 68 heavy (non-hydrogen) atoms. The molecule has 0 aromatic carbocycles. The quantitative estimate of drug-likeness (QED) is 0.0302. The summed E-state index contributed by atoms with van der Waals surface area (Å²) in [6.07, 6.45) is 73.1. The van der Waals surface area contributed by atoms with Crippen molar-refractivity contribution in [2.24, 2.45) is 5.73 Å². The molecule has 0 saturated heterocycles. The summed E-state index contributed by atoms with van der Waals surface area (Å²) >= 11 is 0. The van der Waals surface area contributed by atoms with E-state index in [0.29, 0.717) is 12.8 Å². The molecule has 0 fully saturated rings. The fourth-order valence-electron chi connectivity index (χ4n) is 5.14. The summed E-state index contributed by atoms with van der Waals surface area (Å²) in [6.45, 7) is 2.23. The number of hydrogen-bond acceptors (Lipinski definition) is 9. The Kier molecular flexibility index (Phi) is 44.2. The van der Waals surface area contributed by atoms with Gasteiger partial charge in [-0.2, -0.15) is 0 Å². The lowest BCUT2D eigenvalue weighted by Crippen LogP contribution is -2.34. The maximum Gasteiger partial charge on any atom is 0.472 e. The monoisotopic (exact) mass is 958 g/mol. The third kappa shape index (κ3) is 47.1. The van der Waals surface area contributed by atoms with Crippen LogP contribution in [0.1, 0.15) is 117 Å². The van der Waals surface area contributed by atoms with Crippen LogP contribution in [0, 0.1) is 0 Å². The number of hydrogen-bond donors (Lipinski definition) is 3. The predicted octanol–water partition coefficient (Wildman–Crippen LogP) is 13.6. The average molecular weight is 958 g/mol. The maximum absolute atomic E-state index is 12.6. The van der Waals surface area contributed by atoms with Gasteiger partial charge in [0.1, 0.15) is 12.6 Å². The van der Waals surface area contributed by atoms with Crippen molar-refractivity contribution >= 4 is 25.7 Å². The highest BCUT2D eigenvalue weighted by Crippen LogP contribution is 2.43. The zero-order valence-electron chi connectivity index (χ0n) is 40.6. The second-order valence-electron chi connectivity index (χ2n) is 14.8. The Morgan fingerprint density at radius 2 is 0.750 bits per heavy atom. The summed E-state index contributed by atoms with van der Waals surface area (Å²) in [5.74, 6) is -2.73. The first-order valence-corrected chi connectivity index (χ1v) is 25.3. The third-order valence-corrected chi connectivity index (χ3v) is 9.75. The van der Waals surface area contributed by atoms with Crippen LogP contribution in [0.5, 0.6) is 0 Å². The molecule has 0 aromatic heterocycles. The highest BCUT2D eigenvalue weighted by Gasteiger charge is 2.28. The molecule has 0 aromatic rings. The molecule has 0 amide bonds. The van der Waals surface area contributed by atoms with Crippen LogP contribution < -0.4 is 5.73 Å². The largest absolute Gasteiger partial charge is 0.480 e. The molecule has 3 atom stereocenters. The van der Waals surface area contributed by atoms with Gasteiger partial charge in [0.2, 0.25) is 0 Å². The number of esters is 2. The van der Waals surface area contributed by atoms with Crippen molar-refractivity contribution in [3.8, 4) is 0 Å². The van der Waals surface area contributed by atoms with Gasteiger partial charge in [0.25, 0.3) is 0 Å². The van der Waals surface area contributed by atoms with Crippen molar-refractivity contribution in [3.05, 3.63) is 182 Å². The predicted molar refractivity (Wildman–Crippen MR) is 280 cm³/mol. The lowest BCUT2D eigenvalue weighted by atomic mass is 10.2. The number of nitrogens with two attached hydrogens (primary N) is 1. The molecule has 11 nitrogen and oxygen atoms in total. The van der Waals surface area contributed by atoms with E-state index in [1.54, 1.807) is 18.2 Å². The van der Waals surface area contributed by atoms with E-state index >= 15 is 0 Å². The van der Waals surface area contributed by atoms with Gasteiger partial charge in [0, 0.05) is 0 Å². The number of allylic oxidation sites excluding steroid dienone is 28. The number of carbonyl (C=O) groups excluding carboxylic acids is 2. The number of carboxylic acids is 1. The van der Waals surface area contributed by atoms with Crippen LogP contribution in [0.2, 0.25) is 0 Å². The van der Waals surface area contributed by atoms with Gasteiger partial charge in [-0.15, -0.1) is 0 Å². The van der Waals surface area contributed by atoms with Crippen LogP contribution in [0.25, 0.3) is 0 Å². The minimum absolute atomic E-state index is 0.0472. The number of rotatable bonds is 41. The summed E-state index contributed by atoms with van der Waals surface area (Å²) in [4.78, 5) is 46.0. The first-order chi connectivity index (χ1) is 33.1. The Balaban J connectivity index is 4.63. The molecular formula is C56H80NO10P. The zero-order chi connectivity index (χ0) is 49.9. The van der Waals surface area contributed by atoms with Crippen molar-refractivity contribution in [2.75, 3.05) is 19.8 Å². The van der Waals surface area contributed by atoms with Crippen LogP contribution in [0.3, 0.4) is 0 Å². The highest BCUT2D eigenvalue weighted by atomic mass is 31.2. The SMILES string of the molecule is CC=CCC=CCC=CCC=CCC=CCC=CCC=CCC=CCC(=O)OC[C@H](COP(=O)(O)OC[C@H](N)C(=O)O)OC(=O)CC=CCC=CCC=CCC=CCC=CCC=CCC=CCC. The fourth-order valence-corrected chi connectivity index (χ4v) is 5.92. The van der Waals surface area contributed by atoms with Crippen molar-refractivity contribution < 1.29 is 47.5 Å². The Morgan fingerprint density at radius 1 is 0.456 bits per heavy atom. The summed E-state index contributed by atoms with van der Waals surface area (Å²) in [5, 5.41) is 8.91. The molecule has 0 saturated carbocycles. The van der Waals surface area contributed by atoms with Crippen molar-refractivity contribution in [1.82, 2.24) is 0 Å². The molecule has 0 spiro atoms. The lowest BCUT2D eigenvalue weighted by Gasteiger charge is -2.20. The van der Waals surface area contributed by atoms with Crippen LogP contribution >= 0.6 is 7.82 Å². The van der Waals surface area contributed by atoms with Gasteiger partial charge in [0.15, 0.2) is 6.10 Å². The van der Waals surface area contributed by atoms with Gasteiger partial charge in [-0.05, 0) is 96.8 Å². The van der Waals surface area contributed by atoms with Crippen molar-refractivity contribution in [3.63, 3.8) is 0 Å². The molecule has 0 aliphatic rings. The molecule has 0 radical (unpaired) electrons. The van der Waals surface area contributed by atoms with Gasteiger partial charge in [-0.3, -0.25) is 23.4 Å². The van der Waals surface area contributed by atoms with Gasteiger partial charge < -0.3 is 25.2 Å². The molecular weight excluding hydrogens is 878 g/mol. The second kappa shape index (κ2) is 48.1. The molecule has 0 rings (SSSR count). The topological polar surface area (TPSA) is 172 Å². The van der Waals surface area contributed by atoms with E-state index in [0.717, 1.165) is 77.0 Å². The molecule has 1 unspecified atom stereocenters. The fraction of sp³-hybridized carbons (Fsp3) is 0.411. The maximum atomic E-state index is 12.6. The Hall–Kier alpha value is -5.42. The Morgan fingerprint density at radius 3 is 1.07 bits per heavy atom. The van der Waals surface area contributed by atoms with E-state index in [-0.39, 0.29) is 12.8 Å². The molecule has 0 aliphatic heterocycles. The second-order valence-corrected chi connectivity index (χ2v) is 16.3. The molecule has 12 heteroatoms. The first kappa shape index (κ1) is 62.6. The average Bonchev–Trinajstić information content (AvgIpc) is 3.32. The summed E-state index contributed by atoms with van der Waals surface area (Å²) in [7, 11) is -4.78. The summed E-state index contributed by atoms with van der Waals surface area (Å²) in [6, 6.07) is -1.56. The number of phosphoric acid groups is 1. The third-order valence-electron chi connectivity index (χ3n) is 8.80. The van der Waals surface area contributed by atoms with Crippen LogP contribution in [-0.4, -0.2) is 59.9 Å². The van der Waals surface area contributed by atoms with Crippen LogP contribution in [-0.2, 0) is 37.5 Å². The van der Waals surface area contributed by atoms with E-state index < -0.39 is 57.7 Å². The zero-order valence-corrected chi connectivity index (χ0v) is 41.5. The van der Waals surface area contributed by atoms with Crippen molar-refractivity contribution in [1.29, 1.82) is 0 Å². The molecule has 0 heterocycles. The molecule has 374 valence electrons. The van der Waals surface area contributed by atoms with E-state index in [2.05, 4.69) is 145 Å². The Labute approximate surface area is 408 Å².